The van der Waals surface area contributed by atoms with Crippen molar-refractivity contribution in [2.75, 3.05) is 13.6 Å². The zero-order chi connectivity index (χ0) is 13.6. The lowest BCUT2D eigenvalue weighted by molar-refractivity contribution is 0.0880. The molecule has 18 heavy (non-hydrogen) atoms. The Labute approximate surface area is 111 Å². The quantitative estimate of drug-likeness (QED) is 0.771. The lowest BCUT2D eigenvalue weighted by Crippen LogP contribution is -2.51. The van der Waals surface area contributed by atoms with Crippen molar-refractivity contribution >= 4 is 0 Å². The van der Waals surface area contributed by atoms with Crippen molar-refractivity contribution in [1.29, 1.82) is 0 Å². The molecule has 1 aromatic rings. The number of nitrogens with zero attached hydrogens (tertiary/aromatic N) is 1. The summed E-state index contributed by atoms with van der Waals surface area (Å²) in [5.74, 6) is 2.00. The summed E-state index contributed by atoms with van der Waals surface area (Å²) in [6, 6.07) is 4.08. The number of furan rings is 1. The van der Waals surface area contributed by atoms with Gasteiger partial charge in [-0.1, -0.05) is 26.7 Å². The molecule has 0 spiro atoms. The highest BCUT2D eigenvalue weighted by molar-refractivity contribution is 5.06. The standard InChI is InChI=1S/C15H28N2O/c1-5-9-15(12-16,10-6-2)17(4)11-14-8-7-13(3)18-14/h7-8H,5-6,9-12,16H2,1-4H3. The van der Waals surface area contributed by atoms with Crippen molar-refractivity contribution in [3.63, 3.8) is 0 Å². The summed E-state index contributed by atoms with van der Waals surface area (Å²) < 4.78 is 5.67. The Kier molecular flexibility index (Phi) is 5.89. The van der Waals surface area contributed by atoms with Crippen molar-refractivity contribution in [1.82, 2.24) is 4.90 Å². The van der Waals surface area contributed by atoms with Crippen LogP contribution >= 0.6 is 0 Å². The normalized spacial score (nSPS) is 12.3. The van der Waals surface area contributed by atoms with Crippen molar-refractivity contribution in [2.45, 2.75) is 58.5 Å². The molecule has 0 unspecified atom stereocenters. The maximum Gasteiger partial charge on any atom is 0.118 e. The van der Waals surface area contributed by atoms with Gasteiger partial charge in [0, 0.05) is 12.1 Å². The number of nitrogens with two attached hydrogens (primary N) is 1. The molecule has 0 bridgehead atoms. The van der Waals surface area contributed by atoms with Crippen LogP contribution in [-0.4, -0.2) is 24.0 Å². The van der Waals surface area contributed by atoms with Gasteiger partial charge in [-0.05, 0) is 38.9 Å². The van der Waals surface area contributed by atoms with Gasteiger partial charge in [0.2, 0.25) is 0 Å². The number of hydrogen-bond donors (Lipinski definition) is 1. The van der Waals surface area contributed by atoms with Gasteiger partial charge in [0.1, 0.15) is 11.5 Å². The van der Waals surface area contributed by atoms with E-state index in [1.807, 2.05) is 13.0 Å². The van der Waals surface area contributed by atoms with Gasteiger partial charge < -0.3 is 10.2 Å². The first kappa shape index (κ1) is 15.3. The van der Waals surface area contributed by atoms with Crippen LogP contribution in [0.2, 0.25) is 0 Å². The fraction of sp³-hybridized carbons (Fsp3) is 0.733. The molecule has 0 aliphatic rings. The zero-order valence-electron chi connectivity index (χ0n) is 12.3. The second kappa shape index (κ2) is 6.95. The Morgan fingerprint density at radius 1 is 1.22 bits per heavy atom. The highest BCUT2D eigenvalue weighted by Gasteiger charge is 2.31. The predicted octanol–water partition coefficient (Wildman–Crippen LogP) is 3.32. The monoisotopic (exact) mass is 252 g/mol. The average Bonchev–Trinajstić information content (AvgIpc) is 2.74. The molecule has 0 saturated carbocycles. The van der Waals surface area contributed by atoms with E-state index in [4.69, 9.17) is 10.2 Å². The molecule has 0 aliphatic heterocycles. The lowest BCUT2D eigenvalue weighted by atomic mass is 9.87. The van der Waals surface area contributed by atoms with Gasteiger partial charge in [-0.25, -0.2) is 0 Å². The third-order valence-corrected chi connectivity index (χ3v) is 3.81. The van der Waals surface area contributed by atoms with E-state index in [9.17, 15) is 0 Å². The lowest BCUT2D eigenvalue weighted by Gasteiger charge is -2.41. The Balaban J connectivity index is 2.77. The molecule has 0 aromatic carbocycles. The topological polar surface area (TPSA) is 42.4 Å². The summed E-state index contributed by atoms with van der Waals surface area (Å²) >= 11 is 0. The average molecular weight is 252 g/mol. The van der Waals surface area contributed by atoms with Crippen molar-refractivity contribution in [2.24, 2.45) is 5.73 Å². The molecule has 0 fully saturated rings. The predicted molar refractivity (Wildman–Crippen MR) is 76.5 cm³/mol. The molecular formula is C15H28N2O. The highest BCUT2D eigenvalue weighted by atomic mass is 16.3. The maximum absolute atomic E-state index is 6.07. The molecule has 3 heteroatoms. The summed E-state index contributed by atoms with van der Waals surface area (Å²) in [4.78, 5) is 2.37. The molecule has 0 aliphatic carbocycles. The Morgan fingerprint density at radius 3 is 2.22 bits per heavy atom. The molecule has 0 radical (unpaired) electrons. The number of rotatable bonds is 8. The van der Waals surface area contributed by atoms with Crippen LogP contribution in [0.15, 0.2) is 16.5 Å². The van der Waals surface area contributed by atoms with Gasteiger partial charge in [-0.2, -0.15) is 0 Å². The molecule has 3 nitrogen and oxygen atoms in total. The van der Waals surface area contributed by atoms with Crippen molar-refractivity contribution < 1.29 is 4.42 Å². The second-order valence-electron chi connectivity index (χ2n) is 5.30. The SMILES string of the molecule is CCCC(CN)(CCC)N(C)Cc1ccc(C)o1. The number of hydrogen-bond acceptors (Lipinski definition) is 3. The van der Waals surface area contributed by atoms with E-state index < -0.39 is 0 Å². The zero-order valence-corrected chi connectivity index (χ0v) is 12.3. The van der Waals surface area contributed by atoms with Crippen LogP contribution in [0.3, 0.4) is 0 Å². The highest BCUT2D eigenvalue weighted by Crippen LogP contribution is 2.27. The van der Waals surface area contributed by atoms with Crippen LogP contribution < -0.4 is 5.73 Å². The third kappa shape index (κ3) is 3.59. The van der Waals surface area contributed by atoms with E-state index in [1.54, 1.807) is 0 Å². The molecule has 0 atom stereocenters. The van der Waals surface area contributed by atoms with E-state index in [0.717, 1.165) is 30.9 Å². The van der Waals surface area contributed by atoms with Gasteiger partial charge in [0.05, 0.1) is 6.54 Å². The van der Waals surface area contributed by atoms with E-state index >= 15 is 0 Å². The Morgan fingerprint density at radius 2 is 1.83 bits per heavy atom. The van der Waals surface area contributed by atoms with Gasteiger partial charge >= 0.3 is 0 Å². The molecule has 1 rings (SSSR count). The van der Waals surface area contributed by atoms with Crippen molar-refractivity contribution in [3.05, 3.63) is 23.7 Å². The molecule has 1 aromatic heterocycles. The minimum atomic E-state index is 0.115. The molecule has 0 saturated heterocycles. The van der Waals surface area contributed by atoms with Crippen LogP contribution in [-0.2, 0) is 6.54 Å². The summed E-state index contributed by atoms with van der Waals surface area (Å²) in [6.45, 7) is 7.99. The summed E-state index contributed by atoms with van der Waals surface area (Å²) in [6.07, 6.45) is 4.62. The van der Waals surface area contributed by atoms with Gasteiger partial charge in [0.15, 0.2) is 0 Å². The minimum absolute atomic E-state index is 0.115. The Hall–Kier alpha value is -0.800. The fourth-order valence-corrected chi connectivity index (χ4v) is 2.77. The fourth-order valence-electron chi connectivity index (χ4n) is 2.77. The first-order chi connectivity index (χ1) is 8.57. The van der Waals surface area contributed by atoms with E-state index in [0.29, 0.717) is 6.54 Å². The summed E-state index contributed by atoms with van der Waals surface area (Å²) in [7, 11) is 2.16. The Bertz CT molecular complexity index is 340. The van der Waals surface area contributed by atoms with Gasteiger partial charge in [0.25, 0.3) is 0 Å². The minimum Gasteiger partial charge on any atom is -0.465 e. The molecular weight excluding hydrogens is 224 g/mol. The first-order valence-electron chi connectivity index (χ1n) is 7.04. The molecule has 0 amide bonds. The van der Waals surface area contributed by atoms with E-state index in [-0.39, 0.29) is 5.54 Å². The second-order valence-corrected chi connectivity index (χ2v) is 5.30. The smallest absolute Gasteiger partial charge is 0.118 e. The molecule has 2 N–H and O–H groups in total. The molecule has 1 heterocycles. The van der Waals surface area contributed by atoms with Crippen LogP contribution in [0, 0.1) is 6.92 Å². The van der Waals surface area contributed by atoms with Gasteiger partial charge in [-0.15, -0.1) is 0 Å². The van der Waals surface area contributed by atoms with Crippen LogP contribution in [0.1, 0.15) is 51.1 Å². The summed E-state index contributed by atoms with van der Waals surface area (Å²) in [5.41, 5.74) is 6.18. The first-order valence-corrected chi connectivity index (χ1v) is 7.04. The number of aryl methyl sites for hydroxylation is 1. The molecule has 104 valence electrons. The van der Waals surface area contributed by atoms with Crippen LogP contribution in [0.5, 0.6) is 0 Å². The summed E-state index contributed by atoms with van der Waals surface area (Å²) in [5, 5.41) is 0. The van der Waals surface area contributed by atoms with Gasteiger partial charge in [-0.3, -0.25) is 4.90 Å². The number of likely N-dealkylation sites (N-methyl/N-ethyl adjacent to an activating group) is 1. The third-order valence-electron chi connectivity index (χ3n) is 3.81. The van der Waals surface area contributed by atoms with E-state index in [1.165, 1.54) is 12.8 Å². The van der Waals surface area contributed by atoms with Crippen LogP contribution in [0.4, 0.5) is 0 Å². The maximum atomic E-state index is 6.07. The largest absolute Gasteiger partial charge is 0.465 e. The van der Waals surface area contributed by atoms with Crippen LogP contribution in [0.25, 0.3) is 0 Å². The van der Waals surface area contributed by atoms with Crippen molar-refractivity contribution in [3.8, 4) is 0 Å². The van der Waals surface area contributed by atoms with E-state index in [2.05, 4.69) is 31.9 Å².